The van der Waals surface area contributed by atoms with Crippen molar-refractivity contribution in [3.63, 3.8) is 0 Å². The first-order chi connectivity index (χ1) is 29.7. The average molecular weight is 1130 g/mol. The van der Waals surface area contributed by atoms with Gasteiger partial charge in [0.25, 0.3) is 0 Å². The van der Waals surface area contributed by atoms with E-state index in [1.807, 2.05) is 0 Å². The summed E-state index contributed by atoms with van der Waals surface area (Å²) in [5.74, 6) is -2.37. The van der Waals surface area contributed by atoms with E-state index in [0.29, 0.717) is 18.1 Å². The zero-order chi connectivity index (χ0) is 46.2. The van der Waals surface area contributed by atoms with Crippen molar-refractivity contribution in [2.75, 3.05) is 29.6 Å². The molecule has 0 unspecified atom stereocenters. The van der Waals surface area contributed by atoms with Crippen LogP contribution in [0.4, 0.5) is 28.4 Å². The van der Waals surface area contributed by atoms with E-state index < -0.39 is 95.5 Å². The zero-order valence-electron chi connectivity index (χ0n) is 35.5. The molecule has 0 saturated heterocycles. The van der Waals surface area contributed by atoms with Crippen molar-refractivity contribution < 1.29 is 244 Å². The molecule has 0 heterocycles. The quantitative estimate of drug-likeness (QED) is 0.00949. The number of hydrogen-bond acceptors (Lipinski definition) is 29. The third-order valence-corrected chi connectivity index (χ3v) is 15.0. The molecule has 38 heteroatoms. The van der Waals surface area contributed by atoms with Gasteiger partial charge >= 0.3 is 148 Å². The van der Waals surface area contributed by atoms with Gasteiger partial charge in [-0.25, -0.2) is 33.7 Å². The van der Waals surface area contributed by atoms with Crippen molar-refractivity contribution in [2.45, 2.75) is 24.5 Å². The van der Waals surface area contributed by atoms with Crippen molar-refractivity contribution in [2.24, 2.45) is 20.5 Å². The Morgan fingerprint density at radius 1 is 0.603 bits per heavy atom. The maximum absolute atomic E-state index is 12.8. The molecule has 0 aliphatic heterocycles. The summed E-state index contributed by atoms with van der Waals surface area (Å²) >= 11 is 0.572. The topological polar surface area (TPSA) is 412 Å². The van der Waals surface area contributed by atoms with E-state index in [-0.39, 0.29) is 221 Å². The largest absolute Gasteiger partial charge is 1.00 e. The van der Waals surface area contributed by atoms with Gasteiger partial charge in [0, 0.05) is 34.0 Å². The minimum absolute atomic E-state index is 0. The smallest absolute Gasteiger partial charge is 0.744 e. The van der Waals surface area contributed by atoms with Gasteiger partial charge in [-0.2, -0.15) is 8.67 Å². The van der Waals surface area contributed by atoms with Crippen LogP contribution in [0.3, 0.4) is 0 Å². The van der Waals surface area contributed by atoms with Gasteiger partial charge in [0.15, 0.2) is 37.7 Å². The number of azo groups is 2. The fraction of sp³-hybridized carbons (Fsp3) is 0.133. The van der Waals surface area contributed by atoms with E-state index in [9.17, 15) is 63.7 Å². The predicted octanol–water partition coefficient (Wildman–Crippen LogP) is -12.6. The first-order valence-electron chi connectivity index (χ1n) is 16.2. The first kappa shape index (κ1) is 68.8. The molecule has 340 valence electrons. The molecule has 0 fully saturated rings. The monoisotopic (exact) mass is 1130 g/mol. The molecule has 5 rings (SSSR count). The number of anilines is 1. The molecule has 5 aromatic carbocycles. The Labute approximate surface area is 509 Å². The Bertz CT molecular complexity index is 3060. The van der Waals surface area contributed by atoms with Crippen LogP contribution in [0.5, 0.6) is 5.75 Å². The second-order valence-electron chi connectivity index (χ2n) is 11.7. The van der Waals surface area contributed by atoms with E-state index in [2.05, 4.69) is 48.6 Å². The van der Waals surface area contributed by atoms with Crippen molar-refractivity contribution in [3.05, 3.63) is 66.7 Å². The van der Waals surface area contributed by atoms with E-state index in [1.165, 1.54) is 18.2 Å². The van der Waals surface area contributed by atoms with E-state index in [4.69, 9.17) is 9.92 Å². The van der Waals surface area contributed by atoms with Crippen LogP contribution in [0.1, 0.15) is 0 Å². The minimum atomic E-state index is -5.42. The van der Waals surface area contributed by atoms with Gasteiger partial charge in [-0.1, -0.05) is 12.1 Å². The molecule has 5 aromatic rings. The summed E-state index contributed by atoms with van der Waals surface area (Å²) < 4.78 is 143. The molecule has 3 N–H and O–H groups in total. The molecule has 26 nitrogen and oxygen atoms in total. The zero-order valence-corrected chi connectivity index (χ0v) is 51.2. The SMILES string of the molecule is Nc1ccc2c(O)c(N=Nc3ccc4cc(S(=O)(=O)CCOSOO[O-])ccc4c3S(=O)(=O)[O-])c(SOO[O-])cc2c1N=Nc1ccc(S(=O)(=O)CCSOO[O-])cc1S(=O)(=O)[O-].[Na+].[Na+].[Na+].[Na+].[Na+]. The third-order valence-electron chi connectivity index (χ3n) is 8.04. The summed E-state index contributed by atoms with van der Waals surface area (Å²) in [7, 11) is -19.1. The molecule has 0 spiro atoms. The molecule has 0 saturated carbocycles. The van der Waals surface area contributed by atoms with E-state index >= 15 is 0 Å². The number of sulfone groups is 2. The fourth-order valence-electron chi connectivity index (χ4n) is 5.37. The number of nitrogens with two attached hydrogens (primary N) is 1. The molecule has 0 aliphatic rings. The van der Waals surface area contributed by atoms with Crippen molar-refractivity contribution in [3.8, 4) is 5.75 Å². The van der Waals surface area contributed by atoms with Crippen molar-refractivity contribution in [1.29, 1.82) is 0 Å². The number of fused-ring (bicyclic) bond motifs is 2. The maximum atomic E-state index is 12.8. The van der Waals surface area contributed by atoms with Gasteiger partial charge in [0.05, 0.1) is 60.3 Å². The molecule has 0 bridgehead atoms. The summed E-state index contributed by atoms with van der Waals surface area (Å²) in [5.41, 5.74) is 3.90. The molecule has 0 amide bonds. The van der Waals surface area contributed by atoms with Crippen LogP contribution in [0.2, 0.25) is 0 Å². The van der Waals surface area contributed by atoms with Gasteiger partial charge in [-0.15, -0.1) is 24.8 Å². The van der Waals surface area contributed by atoms with Crippen LogP contribution in [0.25, 0.3) is 21.5 Å². The summed E-state index contributed by atoms with van der Waals surface area (Å²) in [4.78, 5) is -3.28. The standard InChI is InChI=1S/C30H27N5O21S7.5Na/c31-22-6-5-20-21(27(22)34-32-23-8-3-18(14-26(23)62(44,45)46)61(42,43)12-10-57-54-51-37)15-25(58-55-52-38)28(29(20)36)35-33-24-7-1-16-13-17(2-4-19(16)30(24)63(47,48)49)60(40,41)11-9-50-59-56-53-39;;;;;/h1-8,13-15,36-39H,9-12,31H2,(H,44,45,46)(H,47,48,49);;;;;/q;5*+1/p-5. The van der Waals surface area contributed by atoms with Crippen LogP contribution < -0.4 is 169 Å². The molecular formula is C30H22N5Na5O21S7. The molecular weight excluding hydrogens is 1110 g/mol. The predicted molar refractivity (Wildman–Crippen MR) is 207 cm³/mol. The Balaban J connectivity index is 0.00000898. The van der Waals surface area contributed by atoms with E-state index in [0.717, 1.165) is 42.5 Å². The van der Waals surface area contributed by atoms with Crippen molar-refractivity contribution in [1.82, 2.24) is 0 Å². The Hall–Kier alpha value is 0.790. The number of phenols is 1. The van der Waals surface area contributed by atoms with Gasteiger partial charge in [0.1, 0.15) is 43.0 Å². The molecule has 0 atom stereocenters. The molecule has 0 radical (unpaired) electrons. The van der Waals surface area contributed by atoms with Gasteiger partial charge in [-0.3, -0.25) is 19.3 Å². The average Bonchev–Trinajstić information content (AvgIpc) is 3.22. The number of benzene rings is 5. The second-order valence-corrected chi connectivity index (χ2v) is 20.7. The van der Waals surface area contributed by atoms with Crippen molar-refractivity contribution >= 4 is 126 Å². The first-order valence-corrected chi connectivity index (χ1v) is 24.6. The van der Waals surface area contributed by atoms with E-state index in [1.54, 1.807) is 0 Å². The van der Waals surface area contributed by atoms with Gasteiger partial charge in [-0.05, 0) is 60.0 Å². The Kier molecular flexibility index (Phi) is 31.3. The van der Waals surface area contributed by atoms with Crippen LogP contribution in [-0.4, -0.2) is 71.7 Å². The number of nitrogens with zero attached hydrogens (tertiary/aromatic N) is 4. The maximum Gasteiger partial charge on any atom is 1.00 e. The normalized spacial score (nSPS) is 12.0. The molecule has 68 heavy (non-hydrogen) atoms. The molecule has 0 aromatic heterocycles. The van der Waals surface area contributed by atoms with Crippen LogP contribution in [0, 0.1) is 0 Å². The Morgan fingerprint density at radius 3 is 1.81 bits per heavy atom. The number of aromatic hydroxyl groups is 1. The van der Waals surface area contributed by atoms with Gasteiger partial charge < -0.3 is 35.7 Å². The second kappa shape index (κ2) is 31.0. The summed E-state index contributed by atoms with van der Waals surface area (Å²) in [5, 5.41) is 66.6. The third kappa shape index (κ3) is 18.3. The fourth-order valence-corrected chi connectivity index (χ4v) is 10.9. The summed E-state index contributed by atoms with van der Waals surface area (Å²) in [6.45, 7) is -0.456. The van der Waals surface area contributed by atoms with Crippen LogP contribution in [0.15, 0.2) is 112 Å². The summed E-state index contributed by atoms with van der Waals surface area (Å²) in [6, 6.07) is 11.2. The summed E-state index contributed by atoms with van der Waals surface area (Å²) in [6.07, 6.45) is 0. The van der Waals surface area contributed by atoms with Crippen LogP contribution in [-0.2, 0) is 72.2 Å². The Morgan fingerprint density at radius 2 is 1.18 bits per heavy atom. The van der Waals surface area contributed by atoms with Crippen LogP contribution >= 0.6 is 36.4 Å². The molecule has 0 aliphatic carbocycles. The van der Waals surface area contributed by atoms with Gasteiger partial charge in [0.2, 0.25) is 0 Å². The minimum Gasteiger partial charge on any atom is -0.744 e. The number of hydrogen-bond donors (Lipinski definition) is 2. The number of nitrogen functional groups attached to an aromatic ring is 1. The number of rotatable bonds is 22. The number of phenolic OH excluding ortho intramolecular Hbond substituents is 1.